The van der Waals surface area contributed by atoms with Gasteiger partial charge < -0.3 is 10.5 Å². The lowest BCUT2D eigenvalue weighted by Crippen LogP contribution is -2.51. The van der Waals surface area contributed by atoms with Crippen molar-refractivity contribution in [2.45, 2.75) is 12.1 Å². The van der Waals surface area contributed by atoms with Crippen LogP contribution in [0.15, 0.2) is 29.4 Å². The molecule has 0 aliphatic carbocycles. The summed E-state index contributed by atoms with van der Waals surface area (Å²) in [5.74, 6) is 1.67. The van der Waals surface area contributed by atoms with Crippen molar-refractivity contribution in [3.63, 3.8) is 0 Å². The maximum Gasteiger partial charge on any atom is 0.214 e. The predicted molar refractivity (Wildman–Crippen MR) is 68.8 cm³/mol. The van der Waals surface area contributed by atoms with Crippen LogP contribution in [0.1, 0.15) is 6.92 Å². The molecule has 3 N–H and O–H groups in total. The highest BCUT2D eigenvalue weighted by molar-refractivity contribution is 7.99. The molecule has 6 nitrogen and oxygen atoms in total. The molecule has 0 amide bonds. The first-order valence-electron chi connectivity index (χ1n) is 5.79. The van der Waals surface area contributed by atoms with E-state index in [0.717, 1.165) is 28.9 Å². The Morgan fingerprint density at radius 2 is 2.22 bits per heavy atom. The van der Waals surface area contributed by atoms with Crippen LogP contribution in [0, 0.1) is 0 Å². The van der Waals surface area contributed by atoms with E-state index >= 15 is 0 Å². The van der Waals surface area contributed by atoms with Gasteiger partial charge >= 0.3 is 0 Å². The zero-order valence-corrected chi connectivity index (χ0v) is 11.1. The van der Waals surface area contributed by atoms with Gasteiger partial charge in [0.15, 0.2) is 0 Å². The average Bonchev–Trinajstić information content (AvgIpc) is 2.85. The molecule has 0 aliphatic heterocycles. The number of tetrazole rings is 1. The van der Waals surface area contributed by atoms with Gasteiger partial charge in [0.1, 0.15) is 11.4 Å². The SMILES string of the molecule is CCOc1ccccc1-n1nnnc1SCC[NH3+]. The van der Waals surface area contributed by atoms with E-state index in [9.17, 15) is 0 Å². The molecule has 0 unspecified atom stereocenters. The third kappa shape index (κ3) is 2.80. The summed E-state index contributed by atoms with van der Waals surface area (Å²) in [6.07, 6.45) is 0. The van der Waals surface area contributed by atoms with E-state index in [1.165, 1.54) is 0 Å². The second kappa shape index (κ2) is 6.36. The Balaban J connectivity index is 2.33. The summed E-state index contributed by atoms with van der Waals surface area (Å²) in [7, 11) is 0. The lowest BCUT2D eigenvalue weighted by atomic mass is 10.3. The van der Waals surface area contributed by atoms with Gasteiger partial charge in [-0.3, -0.25) is 0 Å². The minimum atomic E-state index is 0.612. The Morgan fingerprint density at radius 3 is 3.00 bits per heavy atom. The first-order valence-corrected chi connectivity index (χ1v) is 6.78. The number of hydrogen-bond acceptors (Lipinski definition) is 5. The van der Waals surface area contributed by atoms with Crippen molar-refractivity contribution in [1.29, 1.82) is 0 Å². The van der Waals surface area contributed by atoms with Crippen LogP contribution in [-0.4, -0.2) is 39.1 Å². The van der Waals surface area contributed by atoms with Crippen LogP contribution in [0.5, 0.6) is 5.75 Å². The van der Waals surface area contributed by atoms with E-state index in [4.69, 9.17) is 4.74 Å². The van der Waals surface area contributed by atoms with Crippen molar-refractivity contribution in [2.24, 2.45) is 0 Å². The van der Waals surface area contributed by atoms with Crippen LogP contribution in [-0.2, 0) is 0 Å². The molecule has 0 atom stereocenters. The number of nitrogens with zero attached hydrogens (tertiary/aromatic N) is 4. The number of rotatable bonds is 6. The van der Waals surface area contributed by atoms with E-state index in [-0.39, 0.29) is 0 Å². The third-order valence-electron chi connectivity index (χ3n) is 2.21. The van der Waals surface area contributed by atoms with Crippen molar-refractivity contribution in [3.05, 3.63) is 24.3 Å². The highest BCUT2D eigenvalue weighted by Gasteiger charge is 2.12. The summed E-state index contributed by atoms with van der Waals surface area (Å²) in [5, 5.41) is 12.5. The lowest BCUT2D eigenvalue weighted by Gasteiger charge is -2.10. The summed E-state index contributed by atoms with van der Waals surface area (Å²) < 4.78 is 7.28. The molecule has 18 heavy (non-hydrogen) atoms. The fourth-order valence-corrected chi connectivity index (χ4v) is 2.17. The van der Waals surface area contributed by atoms with Crippen LogP contribution >= 0.6 is 11.8 Å². The van der Waals surface area contributed by atoms with Crippen LogP contribution < -0.4 is 10.5 Å². The summed E-state index contributed by atoms with van der Waals surface area (Å²) in [4.78, 5) is 0. The van der Waals surface area contributed by atoms with Gasteiger partial charge in [-0.15, -0.1) is 5.10 Å². The van der Waals surface area contributed by atoms with Crippen molar-refractivity contribution >= 4 is 11.8 Å². The quantitative estimate of drug-likeness (QED) is 0.765. The summed E-state index contributed by atoms with van der Waals surface area (Å²) in [6, 6.07) is 7.73. The van der Waals surface area contributed by atoms with Gasteiger partial charge in [-0.25, -0.2) is 0 Å². The number of quaternary nitrogens is 1. The summed E-state index contributed by atoms with van der Waals surface area (Å²) in [6.45, 7) is 3.40. The molecule has 1 aromatic heterocycles. The highest BCUT2D eigenvalue weighted by atomic mass is 32.2. The number of para-hydroxylation sites is 2. The zero-order chi connectivity index (χ0) is 12.8. The molecule has 0 radical (unpaired) electrons. The molecule has 0 aliphatic rings. The topological polar surface area (TPSA) is 80.5 Å². The first-order chi connectivity index (χ1) is 8.86. The minimum Gasteiger partial charge on any atom is -0.492 e. The molecule has 0 fully saturated rings. The van der Waals surface area contributed by atoms with Gasteiger partial charge in [0.25, 0.3) is 0 Å². The van der Waals surface area contributed by atoms with E-state index in [0.29, 0.717) is 6.61 Å². The van der Waals surface area contributed by atoms with Crippen molar-refractivity contribution in [1.82, 2.24) is 20.2 Å². The summed E-state index contributed by atoms with van der Waals surface area (Å²) in [5.41, 5.74) is 4.67. The molecule has 1 heterocycles. The van der Waals surface area contributed by atoms with Crippen LogP contribution in [0.2, 0.25) is 0 Å². The van der Waals surface area contributed by atoms with Crippen molar-refractivity contribution in [2.75, 3.05) is 18.9 Å². The van der Waals surface area contributed by atoms with Crippen molar-refractivity contribution in [3.8, 4) is 11.4 Å². The standard InChI is InChI=1S/C11H15N5OS/c1-2-17-10-6-4-3-5-9(10)16-11(13-14-15-16)18-8-7-12/h3-6H,2,7-8,12H2,1H3/p+1. The van der Waals surface area contributed by atoms with E-state index in [1.54, 1.807) is 16.4 Å². The normalized spacial score (nSPS) is 10.6. The third-order valence-corrected chi connectivity index (χ3v) is 3.22. The molecule has 0 spiro atoms. The Bertz CT molecular complexity index is 502. The molecule has 7 heteroatoms. The molecule has 0 bridgehead atoms. The van der Waals surface area contributed by atoms with Crippen LogP contribution in [0.25, 0.3) is 5.69 Å². The van der Waals surface area contributed by atoms with E-state index in [1.807, 2.05) is 31.2 Å². The number of benzene rings is 1. The Morgan fingerprint density at radius 1 is 1.39 bits per heavy atom. The number of ether oxygens (including phenoxy) is 1. The molecule has 96 valence electrons. The predicted octanol–water partition coefficient (Wildman–Crippen LogP) is 0.395. The molecular weight excluding hydrogens is 250 g/mol. The molecule has 0 saturated heterocycles. The van der Waals surface area contributed by atoms with E-state index < -0.39 is 0 Å². The highest BCUT2D eigenvalue weighted by Crippen LogP contribution is 2.25. The smallest absolute Gasteiger partial charge is 0.214 e. The average molecular weight is 266 g/mol. The maximum absolute atomic E-state index is 5.58. The largest absolute Gasteiger partial charge is 0.492 e. The Hall–Kier alpha value is -1.60. The Kier molecular flexibility index (Phi) is 4.54. The Labute approximate surface area is 110 Å². The monoisotopic (exact) mass is 266 g/mol. The van der Waals surface area contributed by atoms with Crippen LogP contribution in [0.4, 0.5) is 0 Å². The van der Waals surface area contributed by atoms with Gasteiger partial charge in [0.2, 0.25) is 5.16 Å². The van der Waals surface area contributed by atoms with Gasteiger partial charge in [-0.2, -0.15) is 4.68 Å². The maximum atomic E-state index is 5.58. The fourth-order valence-electron chi connectivity index (χ4n) is 1.49. The zero-order valence-electron chi connectivity index (χ0n) is 10.2. The minimum absolute atomic E-state index is 0.612. The molecule has 0 saturated carbocycles. The molecule has 1 aromatic carbocycles. The second-order valence-corrected chi connectivity index (χ2v) is 4.54. The van der Waals surface area contributed by atoms with E-state index in [2.05, 4.69) is 21.3 Å². The number of thioether (sulfide) groups is 1. The number of hydrogen-bond donors (Lipinski definition) is 1. The van der Waals surface area contributed by atoms with Crippen LogP contribution in [0.3, 0.4) is 0 Å². The fraction of sp³-hybridized carbons (Fsp3) is 0.364. The number of aromatic nitrogens is 4. The van der Waals surface area contributed by atoms with Gasteiger partial charge in [-0.1, -0.05) is 23.9 Å². The summed E-state index contributed by atoms with van der Waals surface area (Å²) >= 11 is 1.58. The van der Waals surface area contributed by atoms with Gasteiger partial charge in [0.05, 0.1) is 18.9 Å². The molecular formula is C11H16N5OS+. The molecule has 2 rings (SSSR count). The second-order valence-electron chi connectivity index (χ2n) is 3.48. The first kappa shape index (κ1) is 12.8. The lowest BCUT2D eigenvalue weighted by molar-refractivity contribution is -0.360. The molecule has 2 aromatic rings. The van der Waals surface area contributed by atoms with Gasteiger partial charge in [-0.05, 0) is 29.5 Å². The van der Waals surface area contributed by atoms with Crippen molar-refractivity contribution < 1.29 is 10.5 Å². The van der Waals surface area contributed by atoms with Gasteiger partial charge in [0, 0.05) is 0 Å².